The molecule has 0 aromatic heterocycles. The fourth-order valence-corrected chi connectivity index (χ4v) is 2.08. The van der Waals surface area contributed by atoms with Crippen molar-refractivity contribution in [3.63, 3.8) is 0 Å². The lowest BCUT2D eigenvalue weighted by Crippen LogP contribution is -2.36. The summed E-state index contributed by atoms with van der Waals surface area (Å²) in [6.07, 6.45) is 0.505. The van der Waals surface area contributed by atoms with E-state index in [0.29, 0.717) is 6.42 Å². The summed E-state index contributed by atoms with van der Waals surface area (Å²) >= 11 is 7.42. The van der Waals surface area contributed by atoms with Crippen molar-refractivity contribution in [3.8, 4) is 0 Å². The number of hydrogen-bond donors (Lipinski definition) is 1. The predicted octanol–water partition coefficient (Wildman–Crippen LogP) is 2.42. The molecule has 0 bridgehead atoms. The Kier molecular flexibility index (Phi) is 5.66. The number of nitrogens with one attached hydrogen (secondary N) is 1. The number of nitrogens with zero attached hydrogens (tertiary/aromatic N) is 1. The van der Waals surface area contributed by atoms with Gasteiger partial charge in [0.25, 0.3) is 0 Å². The molecule has 1 aromatic rings. The van der Waals surface area contributed by atoms with Crippen molar-refractivity contribution in [1.29, 1.82) is 0 Å². The van der Waals surface area contributed by atoms with E-state index in [1.165, 1.54) is 0 Å². The molecule has 16 heavy (non-hydrogen) atoms. The van der Waals surface area contributed by atoms with Gasteiger partial charge in [0.1, 0.15) is 0 Å². The zero-order valence-corrected chi connectivity index (χ0v) is 10.9. The Morgan fingerprint density at radius 2 is 2.00 bits per heavy atom. The van der Waals surface area contributed by atoms with Gasteiger partial charge in [-0.15, -0.1) is 11.8 Å². The Labute approximate surface area is 105 Å². The van der Waals surface area contributed by atoms with Gasteiger partial charge in [0.2, 0.25) is 5.91 Å². The van der Waals surface area contributed by atoms with Crippen molar-refractivity contribution in [1.82, 2.24) is 10.4 Å². The van der Waals surface area contributed by atoms with Crippen molar-refractivity contribution >= 4 is 29.3 Å². The summed E-state index contributed by atoms with van der Waals surface area (Å²) < 4.78 is 0. The lowest BCUT2D eigenvalue weighted by atomic mass is 10.4. The van der Waals surface area contributed by atoms with Crippen molar-refractivity contribution in [2.75, 3.05) is 19.8 Å². The molecule has 0 spiro atoms. The van der Waals surface area contributed by atoms with Gasteiger partial charge >= 0.3 is 0 Å². The molecule has 88 valence electrons. The maximum absolute atomic E-state index is 11.3. The van der Waals surface area contributed by atoms with Crippen LogP contribution in [-0.2, 0) is 4.79 Å². The number of benzene rings is 1. The van der Waals surface area contributed by atoms with Crippen LogP contribution in [0.4, 0.5) is 0 Å². The number of hydrogen-bond acceptors (Lipinski definition) is 3. The Bertz CT molecular complexity index is 340. The monoisotopic (exact) mass is 258 g/mol. The van der Waals surface area contributed by atoms with E-state index in [9.17, 15) is 4.79 Å². The van der Waals surface area contributed by atoms with Crippen LogP contribution in [0.1, 0.15) is 6.42 Å². The molecule has 0 radical (unpaired) electrons. The van der Waals surface area contributed by atoms with Crippen LogP contribution < -0.4 is 5.43 Å². The van der Waals surface area contributed by atoms with Gasteiger partial charge in [0, 0.05) is 36.2 Å². The molecule has 1 amide bonds. The highest BCUT2D eigenvalue weighted by atomic mass is 35.5. The SMILES string of the molecule is CN(C)NC(=O)CCSc1ccc(Cl)cc1. The fourth-order valence-electron chi connectivity index (χ4n) is 1.10. The second-order valence-electron chi connectivity index (χ2n) is 3.48. The highest BCUT2D eigenvalue weighted by Crippen LogP contribution is 2.20. The zero-order valence-electron chi connectivity index (χ0n) is 9.37. The van der Waals surface area contributed by atoms with E-state index in [2.05, 4.69) is 5.43 Å². The number of hydrazine groups is 1. The van der Waals surface area contributed by atoms with E-state index < -0.39 is 0 Å². The summed E-state index contributed by atoms with van der Waals surface area (Å²) in [7, 11) is 3.59. The van der Waals surface area contributed by atoms with Crippen LogP contribution in [0.5, 0.6) is 0 Å². The van der Waals surface area contributed by atoms with E-state index >= 15 is 0 Å². The third kappa shape index (κ3) is 5.39. The van der Waals surface area contributed by atoms with E-state index in [-0.39, 0.29) is 5.91 Å². The average molecular weight is 259 g/mol. The molecular weight excluding hydrogens is 244 g/mol. The Balaban J connectivity index is 2.25. The summed E-state index contributed by atoms with van der Waals surface area (Å²) in [4.78, 5) is 12.4. The van der Waals surface area contributed by atoms with Crippen LogP contribution in [0.3, 0.4) is 0 Å². The largest absolute Gasteiger partial charge is 0.289 e. The molecule has 0 saturated carbocycles. The Morgan fingerprint density at radius 3 is 2.56 bits per heavy atom. The molecule has 5 heteroatoms. The van der Waals surface area contributed by atoms with Crippen LogP contribution >= 0.6 is 23.4 Å². The number of halogens is 1. The van der Waals surface area contributed by atoms with E-state index in [1.54, 1.807) is 30.9 Å². The number of carbonyl (C=O) groups is 1. The first kappa shape index (κ1) is 13.4. The number of carbonyl (C=O) groups excluding carboxylic acids is 1. The topological polar surface area (TPSA) is 32.3 Å². The quantitative estimate of drug-likeness (QED) is 0.650. The third-order valence-electron chi connectivity index (χ3n) is 1.76. The van der Waals surface area contributed by atoms with Gasteiger partial charge in [0.15, 0.2) is 0 Å². The summed E-state index contributed by atoms with van der Waals surface area (Å²) in [6, 6.07) is 7.61. The molecule has 3 nitrogen and oxygen atoms in total. The van der Waals surface area contributed by atoms with Crippen molar-refractivity contribution < 1.29 is 4.79 Å². The first-order valence-corrected chi connectivity index (χ1v) is 6.29. The van der Waals surface area contributed by atoms with Crippen LogP contribution in [0.2, 0.25) is 5.02 Å². The second kappa shape index (κ2) is 6.78. The Hall–Kier alpha value is -0.710. The highest BCUT2D eigenvalue weighted by Gasteiger charge is 2.02. The van der Waals surface area contributed by atoms with E-state index in [1.807, 2.05) is 24.3 Å². The first-order chi connectivity index (χ1) is 7.58. The predicted molar refractivity (Wildman–Crippen MR) is 68.6 cm³/mol. The van der Waals surface area contributed by atoms with Gasteiger partial charge in [-0.3, -0.25) is 10.2 Å². The number of amides is 1. The fraction of sp³-hybridized carbons (Fsp3) is 0.364. The summed E-state index contributed by atoms with van der Waals surface area (Å²) in [6.45, 7) is 0. The maximum Gasteiger partial charge on any atom is 0.235 e. The standard InChI is InChI=1S/C11H15ClN2OS/c1-14(2)13-11(15)7-8-16-10-5-3-9(12)4-6-10/h3-6H,7-8H2,1-2H3,(H,13,15). The molecule has 0 aliphatic rings. The lowest BCUT2D eigenvalue weighted by molar-refractivity contribution is -0.124. The van der Waals surface area contributed by atoms with Crippen molar-refractivity contribution in [2.45, 2.75) is 11.3 Å². The Morgan fingerprint density at radius 1 is 1.38 bits per heavy atom. The minimum absolute atomic E-state index is 0.0338. The van der Waals surface area contributed by atoms with Crippen LogP contribution in [0.25, 0.3) is 0 Å². The summed E-state index contributed by atoms with van der Waals surface area (Å²) in [5.74, 6) is 0.799. The minimum Gasteiger partial charge on any atom is -0.289 e. The normalized spacial score (nSPS) is 10.5. The smallest absolute Gasteiger partial charge is 0.235 e. The zero-order chi connectivity index (χ0) is 12.0. The van der Waals surface area contributed by atoms with Crippen LogP contribution in [0.15, 0.2) is 29.2 Å². The van der Waals surface area contributed by atoms with E-state index in [0.717, 1.165) is 15.7 Å². The molecular formula is C11H15ClN2OS. The van der Waals surface area contributed by atoms with Crippen LogP contribution in [0, 0.1) is 0 Å². The molecule has 0 aliphatic heterocycles. The molecule has 0 heterocycles. The number of thioether (sulfide) groups is 1. The second-order valence-corrected chi connectivity index (χ2v) is 5.09. The molecule has 0 atom stereocenters. The molecule has 0 unspecified atom stereocenters. The van der Waals surface area contributed by atoms with Gasteiger partial charge in [-0.05, 0) is 24.3 Å². The average Bonchev–Trinajstić information content (AvgIpc) is 2.20. The molecule has 0 aliphatic carbocycles. The number of rotatable bonds is 5. The van der Waals surface area contributed by atoms with E-state index in [4.69, 9.17) is 11.6 Å². The maximum atomic E-state index is 11.3. The summed E-state index contributed by atoms with van der Waals surface area (Å²) in [5.41, 5.74) is 2.70. The first-order valence-electron chi connectivity index (χ1n) is 4.93. The molecule has 0 saturated heterocycles. The van der Waals surface area contributed by atoms with Gasteiger partial charge in [-0.25, -0.2) is 5.01 Å². The van der Waals surface area contributed by atoms with Crippen molar-refractivity contribution in [3.05, 3.63) is 29.3 Å². The highest BCUT2D eigenvalue weighted by molar-refractivity contribution is 7.99. The van der Waals surface area contributed by atoms with Gasteiger partial charge < -0.3 is 0 Å². The third-order valence-corrected chi connectivity index (χ3v) is 3.03. The van der Waals surface area contributed by atoms with Crippen molar-refractivity contribution in [2.24, 2.45) is 0 Å². The lowest BCUT2D eigenvalue weighted by Gasteiger charge is -2.11. The molecule has 1 aromatic carbocycles. The van der Waals surface area contributed by atoms with Gasteiger partial charge in [-0.1, -0.05) is 11.6 Å². The van der Waals surface area contributed by atoms with Gasteiger partial charge in [0.05, 0.1) is 0 Å². The minimum atomic E-state index is 0.0338. The van der Waals surface area contributed by atoms with Crippen LogP contribution in [-0.4, -0.2) is 30.8 Å². The van der Waals surface area contributed by atoms with Gasteiger partial charge in [-0.2, -0.15) is 0 Å². The molecule has 0 fully saturated rings. The molecule has 1 rings (SSSR count). The molecule has 1 N–H and O–H groups in total. The summed E-state index contributed by atoms with van der Waals surface area (Å²) in [5, 5.41) is 2.38.